The Balaban J connectivity index is 2.25. The van der Waals surface area contributed by atoms with Crippen LogP contribution in [0.1, 0.15) is 24.9 Å². The predicted octanol–water partition coefficient (Wildman–Crippen LogP) is 2.57. The lowest BCUT2D eigenvalue weighted by Gasteiger charge is -2.26. The van der Waals surface area contributed by atoms with Gasteiger partial charge in [0.25, 0.3) is 0 Å². The molecule has 0 radical (unpaired) electrons. The standard InChI is InChI=1S/C14H20F2N2/c1-3-17-9-10-7-8-18(2)14(10)11-5-4-6-12(15)13(11)16/h4-6,10,14,17H,3,7-9H2,1-2H3. The fourth-order valence-corrected chi connectivity index (χ4v) is 2.81. The summed E-state index contributed by atoms with van der Waals surface area (Å²) in [7, 11) is 1.97. The van der Waals surface area contributed by atoms with Crippen molar-refractivity contribution in [1.29, 1.82) is 0 Å². The van der Waals surface area contributed by atoms with Crippen molar-refractivity contribution in [2.75, 3.05) is 26.7 Å². The highest BCUT2D eigenvalue weighted by molar-refractivity contribution is 5.24. The zero-order valence-electron chi connectivity index (χ0n) is 10.9. The monoisotopic (exact) mass is 254 g/mol. The van der Waals surface area contributed by atoms with Gasteiger partial charge in [-0.2, -0.15) is 0 Å². The minimum absolute atomic E-state index is 0.0280. The number of hydrogen-bond acceptors (Lipinski definition) is 2. The summed E-state index contributed by atoms with van der Waals surface area (Å²) in [6, 6.07) is 4.43. The van der Waals surface area contributed by atoms with E-state index in [0.29, 0.717) is 11.5 Å². The lowest BCUT2D eigenvalue weighted by atomic mass is 9.93. The molecule has 0 bridgehead atoms. The van der Waals surface area contributed by atoms with Crippen LogP contribution in [-0.4, -0.2) is 31.6 Å². The third-order valence-corrected chi connectivity index (χ3v) is 3.73. The smallest absolute Gasteiger partial charge is 0.163 e. The van der Waals surface area contributed by atoms with Crippen LogP contribution in [0, 0.1) is 17.6 Å². The first-order valence-electron chi connectivity index (χ1n) is 6.50. The van der Waals surface area contributed by atoms with E-state index in [1.54, 1.807) is 12.1 Å². The van der Waals surface area contributed by atoms with Crippen molar-refractivity contribution in [1.82, 2.24) is 10.2 Å². The van der Waals surface area contributed by atoms with E-state index in [4.69, 9.17) is 0 Å². The van der Waals surface area contributed by atoms with Crippen molar-refractivity contribution >= 4 is 0 Å². The molecule has 18 heavy (non-hydrogen) atoms. The zero-order valence-corrected chi connectivity index (χ0v) is 10.9. The normalized spacial score (nSPS) is 24.7. The quantitative estimate of drug-likeness (QED) is 0.888. The first-order chi connectivity index (χ1) is 8.65. The summed E-state index contributed by atoms with van der Waals surface area (Å²) in [5.74, 6) is -1.11. The summed E-state index contributed by atoms with van der Waals surface area (Å²) in [5, 5.41) is 3.30. The summed E-state index contributed by atoms with van der Waals surface area (Å²) < 4.78 is 27.2. The fraction of sp³-hybridized carbons (Fsp3) is 0.571. The van der Waals surface area contributed by atoms with Crippen LogP contribution in [0.15, 0.2) is 18.2 Å². The van der Waals surface area contributed by atoms with Gasteiger partial charge in [0.1, 0.15) is 0 Å². The predicted molar refractivity (Wildman–Crippen MR) is 68.4 cm³/mol. The Morgan fingerprint density at radius 1 is 1.39 bits per heavy atom. The minimum atomic E-state index is -0.755. The van der Waals surface area contributed by atoms with Gasteiger partial charge < -0.3 is 5.32 Å². The molecule has 1 aromatic carbocycles. The summed E-state index contributed by atoms with van der Waals surface area (Å²) in [6.45, 7) is 4.73. The van der Waals surface area contributed by atoms with E-state index in [0.717, 1.165) is 26.1 Å². The zero-order chi connectivity index (χ0) is 13.1. The highest BCUT2D eigenvalue weighted by atomic mass is 19.2. The molecule has 1 N–H and O–H groups in total. The average Bonchev–Trinajstić information content (AvgIpc) is 2.72. The number of hydrogen-bond donors (Lipinski definition) is 1. The van der Waals surface area contributed by atoms with Crippen molar-refractivity contribution in [2.45, 2.75) is 19.4 Å². The third kappa shape index (κ3) is 2.54. The van der Waals surface area contributed by atoms with Gasteiger partial charge in [0.05, 0.1) is 0 Å². The topological polar surface area (TPSA) is 15.3 Å². The lowest BCUT2D eigenvalue weighted by molar-refractivity contribution is 0.263. The summed E-state index contributed by atoms with van der Waals surface area (Å²) in [6.07, 6.45) is 1.02. The van der Waals surface area contributed by atoms with Gasteiger partial charge in [0.15, 0.2) is 11.6 Å². The highest BCUT2D eigenvalue weighted by Crippen LogP contribution is 2.37. The van der Waals surface area contributed by atoms with E-state index in [-0.39, 0.29) is 6.04 Å². The van der Waals surface area contributed by atoms with Gasteiger partial charge in [-0.05, 0) is 45.1 Å². The Morgan fingerprint density at radius 3 is 2.89 bits per heavy atom. The molecule has 0 spiro atoms. The van der Waals surface area contributed by atoms with Gasteiger partial charge in [-0.1, -0.05) is 19.1 Å². The molecule has 2 nitrogen and oxygen atoms in total. The molecular formula is C14H20F2N2. The Bertz CT molecular complexity index is 409. The van der Waals surface area contributed by atoms with Crippen LogP contribution in [-0.2, 0) is 0 Å². The fourth-order valence-electron chi connectivity index (χ4n) is 2.81. The number of nitrogens with zero attached hydrogens (tertiary/aromatic N) is 1. The molecule has 0 aliphatic carbocycles. The molecule has 1 heterocycles. The van der Waals surface area contributed by atoms with Crippen LogP contribution >= 0.6 is 0 Å². The molecule has 2 atom stereocenters. The second kappa shape index (κ2) is 5.76. The minimum Gasteiger partial charge on any atom is -0.317 e. The van der Waals surface area contributed by atoms with Crippen LogP contribution in [0.3, 0.4) is 0 Å². The maximum atomic E-state index is 13.9. The lowest BCUT2D eigenvalue weighted by Crippen LogP contribution is -2.29. The first kappa shape index (κ1) is 13.4. The van der Waals surface area contributed by atoms with Crippen LogP contribution in [0.5, 0.6) is 0 Å². The van der Waals surface area contributed by atoms with Gasteiger partial charge in [-0.25, -0.2) is 8.78 Å². The van der Waals surface area contributed by atoms with Gasteiger partial charge in [-0.15, -0.1) is 0 Å². The van der Waals surface area contributed by atoms with Crippen molar-refractivity contribution in [3.8, 4) is 0 Å². The molecule has 0 saturated carbocycles. The second-order valence-corrected chi connectivity index (χ2v) is 4.92. The van der Waals surface area contributed by atoms with Crippen LogP contribution in [0.25, 0.3) is 0 Å². The highest BCUT2D eigenvalue weighted by Gasteiger charge is 2.34. The van der Waals surface area contributed by atoms with Crippen LogP contribution in [0.4, 0.5) is 8.78 Å². The average molecular weight is 254 g/mol. The molecule has 1 aliphatic rings. The number of benzene rings is 1. The van der Waals surface area contributed by atoms with E-state index < -0.39 is 11.6 Å². The Labute approximate surface area is 107 Å². The van der Waals surface area contributed by atoms with Crippen LogP contribution in [0.2, 0.25) is 0 Å². The number of likely N-dealkylation sites (tertiary alicyclic amines) is 1. The second-order valence-electron chi connectivity index (χ2n) is 4.92. The van der Waals surface area contributed by atoms with Gasteiger partial charge in [0, 0.05) is 11.6 Å². The molecule has 2 rings (SSSR count). The molecule has 1 aromatic rings. The van der Waals surface area contributed by atoms with Crippen molar-refractivity contribution in [2.24, 2.45) is 5.92 Å². The summed E-state index contributed by atoms with van der Waals surface area (Å²) >= 11 is 0. The Morgan fingerprint density at radius 2 is 2.17 bits per heavy atom. The van der Waals surface area contributed by atoms with E-state index in [2.05, 4.69) is 17.1 Å². The molecule has 0 aromatic heterocycles. The van der Waals surface area contributed by atoms with E-state index >= 15 is 0 Å². The Hall–Kier alpha value is -1.00. The molecule has 4 heteroatoms. The molecule has 1 aliphatic heterocycles. The molecule has 0 amide bonds. The first-order valence-corrected chi connectivity index (χ1v) is 6.50. The van der Waals surface area contributed by atoms with Crippen LogP contribution < -0.4 is 5.32 Å². The van der Waals surface area contributed by atoms with Crippen molar-refractivity contribution in [3.63, 3.8) is 0 Å². The number of halogens is 2. The van der Waals surface area contributed by atoms with Gasteiger partial charge in [0.2, 0.25) is 0 Å². The van der Waals surface area contributed by atoms with E-state index in [1.165, 1.54) is 6.07 Å². The van der Waals surface area contributed by atoms with E-state index in [1.807, 2.05) is 7.05 Å². The van der Waals surface area contributed by atoms with Gasteiger partial charge >= 0.3 is 0 Å². The third-order valence-electron chi connectivity index (χ3n) is 3.73. The molecule has 100 valence electrons. The van der Waals surface area contributed by atoms with E-state index in [9.17, 15) is 8.78 Å². The van der Waals surface area contributed by atoms with Gasteiger partial charge in [-0.3, -0.25) is 4.90 Å². The van der Waals surface area contributed by atoms with Crippen molar-refractivity contribution < 1.29 is 8.78 Å². The van der Waals surface area contributed by atoms with Crippen molar-refractivity contribution in [3.05, 3.63) is 35.4 Å². The molecule has 1 saturated heterocycles. The number of nitrogens with one attached hydrogen (secondary N) is 1. The maximum Gasteiger partial charge on any atom is 0.163 e. The SMILES string of the molecule is CCNCC1CCN(C)C1c1cccc(F)c1F. The maximum absolute atomic E-state index is 13.9. The number of rotatable bonds is 4. The largest absolute Gasteiger partial charge is 0.317 e. The Kier molecular flexibility index (Phi) is 4.30. The molecular weight excluding hydrogens is 234 g/mol. The molecule has 1 fully saturated rings. The molecule has 2 unspecified atom stereocenters. The summed E-state index contributed by atoms with van der Waals surface area (Å²) in [4.78, 5) is 2.11. The summed E-state index contributed by atoms with van der Waals surface area (Å²) in [5.41, 5.74) is 0.484.